The molecule has 2 heteroatoms. The van der Waals surface area contributed by atoms with Gasteiger partial charge in [0.25, 0.3) is 0 Å². The Morgan fingerprint density at radius 2 is 2.30 bits per heavy atom. The molecule has 1 aliphatic rings. The van der Waals surface area contributed by atoms with E-state index in [-0.39, 0.29) is 12.0 Å². The molecule has 0 unspecified atom stereocenters. The zero-order valence-corrected chi connectivity index (χ0v) is 6.54. The molecule has 1 fully saturated rings. The van der Waals surface area contributed by atoms with E-state index < -0.39 is 0 Å². The largest absolute Gasteiger partial charge is 0.381 e. The van der Waals surface area contributed by atoms with Gasteiger partial charge in [0.2, 0.25) is 0 Å². The van der Waals surface area contributed by atoms with Crippen LogP contribution in [0.3, 0.4) is 0 Å². The second-order valence-corrected chi connectivity index (χ2v) is 2.98. The first-order valence-electron chi connectivity index (χ1n) is 3.77. The molecule has 10 heavy (non-hydrogen) atoms. The normalized spacial score (nSPS) is 34.6. The monoisotopic (exact) mass is 142 g/mol. The van der Waals surface area contributed by atoms with E-state index in [4.69, 9.17) is 4.74 Å². The molecule has 0 aliphatic heterocycles. The number of hydrogen-bond donors (Lipinski definition) is 0. The molecule has 0 bridgehead atoms. The molecule has 0 spiro atoms. The molecule has 3 atom stereocenters. The van der Waals surface area contributed by atoms with Crippen LogP contribution in [0, 0.1) is 11.8 Å². The Morgan fingerprint density at radius 3 is 2.60 bits per heavy atom. The van der Waals surface area contributed by atoms with Crippen molar-refractivity contribution in [2.75, 3.05) is 7.11 Å². The third-order valence-electron chi connectivity index (χ3n) is 2.53. The molecule has 0 N–H and O–H groups in total. The summed E-state index contributed by atoms with van der Waals surface area (Å²) >= 11 is 0. The molecular formula is C8H14O2. The van der Waals surface area contributed by atoms with Gasteiger partial charge in [0.1, 0.15) is 6.29 Å². The van der Waals surface area contributed by atoms with Crippen LogP contribution in [0.1, 0.15) is 19.8 Å². The smallest absolute Gasteiger partial charge is 0.123 e. The van der Waals surface area contributed by atoms with Crippen molar-refractivity contribution in [2.24, 2.45) is 11.8 Å². The molecule has 0 aromatic carbocycles. The highest BCUT2D eigenvalue weighted by Gasteiger charge is 2.34. The fourth-order valence-electron chi connectivity index (χ4n) is 1.48. The Balaban J connectivity index is 2.34. The van der Waals surface area contributed by atoms with Gasteiger partial charge >= 0.3 is 0 Å². The Labute approximate surface area is 61.6 Å². The molecule has 1 aliphatic carbocycles. The molecule has 0 amide bonds. The third kappa shape index (κ3) is 1.21. The molecule has 0 radical (unpaired) electrons. The van der Waals surface area contributed by atoms with Crippen LogP contribution in [-0.2, 0) is 9.53 Å². The quantitative estimate of drug-likeness (QED) is 0.554. The number of methoxy groups -OCH3 is 1. The summed E-state index contributed by atoms with van der Waals surface area (Å²) in [6.07, 6.45) is 3.52. The van der Waals surface area contributed by atoms with Crippen LogP contribution in [0.5, 0.6) is 0 Å². The van der Waals surface area contributed by atoms with Crippen molar-refractivity contribution in [1.82, 2.24) is 0 Å². The van der Waals surface area contributed by atoms with Crippen LogP contribution >= 0.6 is 0 Å². The number of hydrogen-bond acceptors (Lipinski definition) is 2. The van der Waals surface area contributed by atoms with Crippen molar-refractivity contribution in [3.05, 3.63) is 0 Å². The van der Waals surface area contributed by atoms with Crippen LogP contribution in [0.15, 0.2) is 0 Å². The zero-order valence-electron chi connectivity index (χ0n) is 6.54. The van der Waals surface area contributed by atoms with Crippen LogP contribution in [0.25, 0.3) is 0 Å². The van der Waals surface area contributed by atoms with Crippen LogP contribution < -0.4 is 0 Å². The van der Waals surface area contributed by atoms with Gasteiger partial charge in [-0.3, -0.25) is 0 Å². The summed E-state index contributed by atoms with van der Waals surface area (Å²) in [6.45, 7) is 2.03. The first-order valence-corrected chi connectivity index (χ1v) is 3.77. The molecule has 1 rings (SSSR count). The van der Waals surface area contributed by atoms with E-state index in [9.17, 15) is 4.79 Å². The van der Waals surface area contributed by atoms with Gasteiger partial charge in [-0.25, -0.2) is 0 Å². The summed E-state index contributed by atoms with van der Waals surface area (Å²) in [7, 11) is 1.70. The molecule has 58 valence electrons. The lowest BCUT2D eigenvalue weighted by atomic mass is 9.72. The number of aldehydes is 1. The van der Waals surface area contributed by atoms with Crippen LogP contribution in [0.2, 0.25) is 0 Å². The van der Waals surface area contributed by atoms with Gasteiger partial charge < -0.3 is 9.53 Å². The van der Waals surface area contributed by atoms with Gasteiger partial charge in [-0.15, -0.1) is 0 Å². The van der Waals surface area contributed by atoms with Gasteiger partial charge in [0.15, 0.2) is 0 Å². The average Bonchev–Trinajstić information content (AvgIpc) is 1.86. The van der Waals surface area contributed by atoms with Crippen molar-refractivity contribution in [3.63, 3.8) is 0 Å². The van der Waals surface area contributed by atoms with Crippen molar-refractivity contribution >= 4 is 6.29 Å². The summed E-state index contributed by atoms with van der Waals surface area (Å²) in [4.78, 5) is 10.4. The van der Waals surface area contributed by atoms with Crippen molar-refractivity contribution in [2.45, 2.75) is 25.9 Å². The minimum atomic E-state index is 0.254. The molecule has 2 nitrogen and oxygen atoms in total. The van der Waals surface area contributed by atoms with Crippen LogP contribution in [0.4, 0.5) is 0 Å². The van der Waals surface area contributed by atoms with Gasteiger partial charge in [0.05, 0.1) is 6.10 Å². The van der Waals surface area contributed by atoms with Gasteiger partial charge in [-0.1, -0.05) is 0 Å². The minimum Gasteiger partial charge on any atom is -0.381 e. The van der Waals surface area contributed by atoms with E-state index in [1.165, 1.54) is 0 Å². The molecule has 0 aromatic rings. The first-order chi connectivity index (χ1) is 4.79. The van der Waals surface area contributed by atoms with E-state index in [0.29, 0.717) is 5.92 Å². The summed E-state index contributed by atoms with van der Waals surface area (Å²) in [5.74, 6) is 0.762. The Morgan fingerprint density at radius 1 is 1.60 bits per heavy atom. The highest BCUT2D eigenvalue weighted by Crippen LogP contribution is 2.35. The van der Waals surface area contributed by atoms with Crippen molar-refractivity contribution in [3.8, 4) is 0 Å². The van der Waals surface area contributed by atoms with Crippen molar-refractivity contribution in [1.29, 1.82) is 0 Å². The minimum absolute atomic E-state index is 0.254. The highest BCUT2D eigenvalue weighted by molar-refractivity contribution is 5.55. The average molecular weight is 142 g/mol. The van der Waals surface area contributed by atoms with Gasteiger partial charge in [-0.05, 0) is 25.7 Å². The lowest BCUT2D eigenvalue weighted by Gasteiger charge is -2.36. The zero-order chi connectivity index (χ0) is 7.56. The maximum Gasteiger partial charge on any atom is 0.123 e. The highest BCUT2D eigenvalue weighted by atomic mass is 16.5. The van der Waals surface area contributed by atoms with Gasteiger partial charge in [0, 0.05) is 13.0 Å². The predicted octanol–water partition coefficient (Wildman–Crippen LogP) is 1.25. The number of rotatable bonds is 3. The lowest BCUT2D eigenvalue weighted by Crippen LogP contribution is -2.36. The second-order valence-electron chi connectivity index (χ2n) is 2.98. The molecular weight excluding hydrogens is 128 g/mol. The molecule has 0 heterocycles. The fraction of sp³-hybridized carbons (Fsp3) is 0.875. The van der Waals surface area contributed by atoms with E-state index in [1.807, 2.05) is 6.92 Å². The second kappa shape index (κ2) is 3.15. The number of carbonyl (C=O) groups is 1. The summed E-state index contributed by atoms with van der Waals surface area (Å²) in [5, 5.41) is 0. The Bertz CT molecular complexity index is 122. The van der Waals surface area contributed by atoms with E-state index in [1.54, 1.807) is 7.11 Å². The molecule has 1 saturated carbocycles. The summed E-state index contributed by atoms with van der Waals surface area (Å²) in [6, 6.07) is 0. The Kier molecular flexibility index (Phi) is 2.44. The third-order valence-corrected chi connectivity index (χ3v) is 2.53. The first kappa shape index (κ1) is 7.73. The van der Waals surface area contributed by atoms with E-state index in [0.717, 1.165) is 19.1 Å². The lowest BCUT2D eigenvalue weighted by molar-refractivity contribution is -0.119. The summed E-state index contributed by atoms with van der Waals surface area (Å²) < 4.78 is 5.13. The van der Waals surface area contributed by atoms with Crippen molar-refractivity contribution < 1.29 is 9.53 Å². The Hall–Kier alpha value is -0.370. The van der Waals surface area contributed by atoms with E-state index in [2.05, 4.69) is 0 Å². The maximum atomic E-state index is 10.4. The predicted molar refractivity (Wildman–Crippen MR) is 38.7 cm³/mol. The topological polar surface area (TPSA) is 26.3 Å². The van der Waals surface area contributed by atoms with Crippen LogP contribution in [-0.4, -0.2) is 19.5 Å². The SMILES string of the molecule is CO[C@@H](C)[C@@H]1CC[C@H]1C=O. The summed E-state index contributed by atoms with van der Waals surface area (Å²) in [5.41, 5.74) is 0. The molecule has 0 aromatic heterocycles. The van der Waals surface area contributed by atoms with E-state index >= 15 is 0 Å². The van der Waals surface area contributed by atoms with Gasteiger partial charge in [-0.2, -0.15) is 0 Å². The number of ether oxygens (including phenoxy) is 1. The maximum absolute atomic E-state index is 10.4. The fourth-order valence-corrected chi connectivity index (χ4v) is 1.48. The molecule has 0 saturated heterocycles. The number of carbonyl (C=O) groups excluding carboxylic acids is 1. The standard InChI is InChI=1S/C8H14O2/c1-6(10-2)8-4-3-7(8)5-9/h5-8H,3-4H2,1-2H3/t6-,7-,8-/m0/s1.